The summed E-state index contributed by atoms with van der Waals surface area (Å²) in [7, 11) is 0. The third-order valence-electron chi connectivity index (χ3n) is 3.66. The van der Waals surface area contributed by atoms with Crippen molar-refractivity contribution in [2.45, 2.75) is 18.8 Å². The van der Waals surface area contributed by atoms with Gasteiger partial charge in [0, 0.05) is 19.0 Å². The molecule has 0 amide bonds. The molecule has 1 atom stereocenters. The molecular formula is C12H15N. The van der Waals surface area contributed by atoms with Crippen LogP contribution in [0.2, 0.25) is 0 Å². The summed E-state index contributed by atoms with van der Waals surface area (Å²) in [6.45, 7) is 2.43. The van der Waals surface area contributed by atoms with Gasteiger partial charge >= 0.3 is 0 Å². The van der Waals surface area contributed by atoms with Crippen LogP contribution in [0.4, 0.5) is 0 Å². The van der Waals surface area contributed by atoms with Crippen molar-refractivity contribution in [2.75, 3.05) is 13.1 Å². The van der Waals surface area contributed by atoms with Gasteiger partial charge in [0.05, 0.1) is 0 Å². The lowest BCUT2D eigenvalue weighted by Crippen LogP contribution is -2.10. The predicted molar refractivity (Wildman–Crippen MR) is 53.7 cm³/mol. The Balaban J connectivity index is 1.93. The van der Waals surface area contributed by atoms with E-state index in [4.69, 9.17) is 0 Å². The third-order valence-corrected chi connectivity index (χ3v) is 3.66. The average molecular weight is 173 g/mol. The van der Waals surface area contributed by atoms with Crippen LogP contribution in [0.5, 0.6) is 0 Å². The van der Waals surface area contributed by atoms with Crippen molar-refractivity contribution in [3.05, 3.63) is 35.9 Å². The smallest absolute Gasteiger partial charge is 0.00320 e. The Hall–Kier alpha value is -0.820. The van der Waals surface area contributed by atoms with Crippen molar-refractivity contribution in [3.8, 4) is 0 Å². The van der Waals surface area contributed by atoms with Crippen LogP contribution in [-0.2, 0) is 0 Å². The van der Waals surface area contributed by atoms with E-state index in [0.717, 1.165) is 5.92 Å². The number of nitrogens with one attached hydrogen (secondary N) is 1. The first-order valence-corrected chi connectivity index (χ1v) is 5.16. The molecule has 1 aromatic rings. The fraction of sp³-hybridized carbons (Fsp3) is 0.500. The second kappa shape index (κ2) is 2.58. The molecule has 1 N–H and O–H groups in total. The summed E-state index contributed by atoms with van der Waals surface area (Å²) in [4.78, 5) is 0. The van der Waals surface area contributed by atoms with Crippen LogP contribution in [-0.4, -0.2) is 13.1 Å². The van der Waals surface area contributed by atoms with E-state index >= 15 is 0 Å². The van der Waals surface area contributed by atoms with Crippen LogP contribution in [0.15, 0.2) is 30.3 Å². The zero-order chi connectivity index (χ0) is 8.73. The van der Waals surface area contributed by atoms with Gasteiger partial charge in [0.1, 0.15) is 0 Å². The van der Waals surface area contributed by atoms with Crippen LogP contribution in [0.25, 0.3) is 0 Å². The standard InChI is InChI=1S/C12H15N/c1-2-4-10(5-3-1)11-8-13-9-12(11)6-7-12/h1-5,11,13H,6-9H2. The molecule has 0 bridgehead atoms. The first-order chi connectivity index (χ1) is 6.41. The van der Waals surface area contributed by atoms with E-state index in [1.165, 1.54) is 31.5 Å². The van der Waals surface area contributed by atoms with Gasteiger partial charge in [-0.05, 0) is 23.8 Å². The van der Waals surface area contributed by atoms with Gasteiger partial charge in [-0.3, -0.25) is 0 Å². The Morgan fingerprint density at radius 1 is 1.15 bits per heavy atom. The van der Waals surface area contributed by atoms with Crippen molar-refractivity contribution in [3.63, 3.8) is 0 Å². The van der Waals surface area contributed by atoms with Crippen LogP contribution in [0.3, 0.4) is 0 Å². The first kappa shape index (κ1) is 7.57. The molecule has 1 nitrogen and oxygen atoms in total. The monoisotopic (exact) mass is 173 g/mol. The average Bonchev–Trinajstić information content (AvgIpc) is 2.80. The molecule has 1 saturated carbocycles. The molecule has 2 fully saturated rings. The Morgan fingerprint density at radius 2 is 1.92 bits per heavy atom. The first-order valence-electron chi connectivity index (χ1n) is 5.16. The van der Waals surface area contributed by atoms with Gasteiger partial charge in [-0.1, -0.05) is 30.3 Å². The maximum Gasteiger partial charge on any atom is 0.00320 e. The highest BCUT2D eigenvalue weighted by molar-refractivity contribution is 5.27. The Bertz CT molecular complexity index is 300. The topological polar surface area (TPSA) is 12.0 Å². The van der Waals surface area contributed by atoms with E-state index in [1.807, 2.05) is 0 Å². The van der Waals surface area contributed by atoms with E-state index in [1.54, 1.807) is 0 Å². The summed E-state index contributed by atoms with van der Waals surface area (Å²) in [5.74, 6) is 0.786. The Morgan fingerprint density at radius 3 is 2.62 bits per heavy atom. The van der Waals surface area contributed by atoms with Crippen LogP contribution < -0.4 is 5.32 Å². The van der Waals surface area contributed by atoms with Crippen molar-refractivity contribution in [2.24, 2.45) is 5.41 Å². The molecule has 0 radical (unpaired) electrons. The molecule has 68 valence electrons. The fourth-order valence-electron chi connectivity index (χ4n) is 2.65. The zero-order valence-electron chi connectivity index (χ0n) is 7.79. The van der Waals surface area contributed by atoms with Crippen molar-refractivity contribution in [1.29, 1.82) is 0 Å². The number of hydrogen-bond acceptors (Lipinski definition) is 1. The lowest BCUT2D eigenvalue weighted by Gasteiger charge is -2.16. The number of hydrogen-bond donors (Lipinski definition) is 1. The van der Waals surface area contributed by atoms with E-state index in [9.17, 15) is 0 Å². The summed E-state index contributed by atoms with van der Waals surface area (Å²) in [5, 5.41) is 3.52. The lowest BCUT2D eigenvalue weighted by atomic mass is 9.86. The molecule has 3 rings (SSSR count). The minimum Gasteiger partial charge on any atom is -0.316 e. The van der Waals surface area contributed by atoms with Crippen molar-refractivity contribution < 1.29 is 0 Å². The largest absolute Gasteiger partial charge is 0.316 e. The van der Waals surface area contributed by atoms with Crippen LogP contribution in [0, 0.1) is 5.41 Å². The predicted octanol–water partition coefficient (Wildman–Crippen LogP) is 2.15. The molecule has 1 saturated heterocycles. The van der Waals surface area contributed by atoms with Gasteiger partial charge in [0.15, 0.2) is 0 Å². The molecule has 1 spiro atoms. The highest BCUT2D eigenvalue weighted by Crippen LogP contribution is 2.57. The van der Waals surface area contributed by atoms with Gasteiger partial charge in [-0.2, -0.15) is 0 Å². The molecule has 1 unspecified atom stereocenters. The Kier molecular flexibility index (Phi) is 1.50. The minimum absolute atomic E-state index is 0.654. The molecule has 13 heavy (non-hydrogen) atoms. The molecule has 1 heteroatoms. The van der Waals surface area contributed by atoms with Crippen molar-refractivity contribution >= 4 is 0 Å². The van der Waals surface area contributed by atoms with Crippen LogP contribution in [0.1, 0.15) is 24.3 Å². The molecular weight excluding hydrogens is 158 g/mol. The van der Waals surface area contributed by atoms with E-state index in [0.29, 0.717) is 5.41 Å². The molecule has 2 aliphatic rings. The molecule has 1 aliphatic carbocycles. The second-order valence-corrected chi connectivity index (χ2v) is 4.46. The molecule has 1 heterocycles. The SMILES string of the molecule is c1ccc(C2CNCC23CC3)cc1. The van der Waals surface area contributed by atoms with Crippen molar-refractivity contribution in [1.82, 2.24) is 5.32 Å². The van der Waals surface area contributed by atoms with Gasteiger partial charge < -0.3 is 5.32 Å². The third kappa shape index (κ3) is 1.11. The maximum absolute atomic E-state index is 3.52. The van der Waals surface area contributed by atoms with Crippen LogP contribution >= 0.6 is 0 Å². The van der Waals surface area contributed by atoms with Gasteiger partial charge in [0.25, 0.3) is 0 Å². The zero-order valence-corrected chi connectivity index (χ0v) is 7.79. The fourth-order valence-corrected chi connectivity index (χ4v) is 2.65. The molecule has 1 aromatic carbocycles. The summed E-state index contributed by atoms with van der Waals surface area (Å²) in [5.41, 5.74) is 2.19. The second-order valence-electron chi connectivity index (χ2n) is 4.46. The summed E-state index contributed by atoms with van der Waals surface area (Å²) in [6, 6.07) is 11.0. The normalized spacial score (nSPS) is 29.4. The Labute approximate surface area is 79.2 Å². The number of benzene rings is 1. The van der Waals surface area contributed by atoms with E-state index in [2.05, 4.69) is 35.6 Å². The summed E-state index contributed by atoms with van der Waals surface area (Å²) < 4.78 is 0. The summed E-state index contributed by atoms with van der Waals surface area (Å²) >= 11 is 0. The quantitative estimate of drug-likeness (QED) is 0.686. The molecule has 1 aliphatic heterocycles. The highest BCUT2D eigenvalue weighted by Gasteiger charge is 2.52. The van der Waals surface area contributed by atoms with Gasteiger partial charge in [-0.25, -0.2) is 0 Å². The van der Waals surface area contributed by atoms with Gasteiger partial charge in [0.2, 0.25) is 0 Å². The van der Waals surface area contributed by atoms with E-state index in [-0.39, 0.29) is 0 Å². The number of rotatable bonds is 1. The van der Waals surface area contributed by atoms with Gasteiger partial charge in [-0.15, -0.1) is 0 Å². The maximum atomic E-state index is 3.52. The van der Waals surface area contributed by atoms with E-state index < -0.39 is 0 Å². The minimum atomic E-state index is 0.654. The highest BCUT2D eigenvalue weighted by atomic mass is 15.0. The summed E-state index contributed by atoms with van der Waals surface area (Å²) in [6.07, 6.45) is 2.86. The molecule has 0 aromatic heterocycles. The lowest BCUT2D eigenvalue weighted by molar-refractivity contribution is 0.502.